The second-order valence-corrected chi connectivity index (χ2v) is 5.75. The number of hydrogen-bond acceptors (Lipinski definition) is 2. The lowest BCUT2D eigenvalue weighted by molar-refractivity contribution is -0.323. The van der Waals surface area contributed by atoms with Crippen LogP contribution in [0.4, 0.5) is 0 Å². The van der Waals surface area contributed by atoms with Crippen LogP contribution >= 0.6 is 0 Å². The Kier molecular flexibility index (Phi) is 4.32. The Bertz CT molecular complexity index is 231. The summed E-state index contributed by atoms with van der Waals surface area (Å²) in [5.74, 6) is 0.0564. The summed E-state index contributed by atoms with van der Waals surface area (Å²) in [5, 5.41) is 23.0. The molecule has 0 aliphatic carbocycles. The Hall–Kier alpha value is -1.05. The Labute approximate surface area is 93.3 Å². The van der Waals surface area contributed by atoms with Crippen LogP contribution in [-0.2, 0) is 0 Å². The first kappa shape index (κ1) is 13.9. The van der Waals surface area contributed by atoms with Gasteiger partial charge in [0.15, 0.2) is 0 Å². The van der Waals surface area contributed by atoms with Crippen molar-refractivity contribution in [3.63, 3.8) is 0 Å². The predicted molar refractivity (Wildman–Crippen MR) is 59.4 cm³/mol. The van der Waals surface area contributed by atoms with Crippen molar-refractivity contribution in [3.05, 3.63) is 30.1 Å². The summed E-state index contributed by atoms with van der Waals surface area (Å²) in [7, 11) is 0. The van der Waals surface area contributed by atoms with E-state index in [2.05, 4.69) is 0 Å². The molecule has 0 aliphatic heterocycles. The molecular weight excluding hydrogens is 188 g/mol. The lowest BCUT2D eigenvalue weighted by atomic mass is 9.91. The fourth-order valence-electron chi connectivity index (χ4n) is 0.723. The van der Waals surface area contributed by atoms with Crippen LogP contribution < -0.4 is 10.2 Å². The molecule has 15 heavy (non-hydrogen) atoms. The first-order chi connectivity index (χ1) is 6.55. The van der Waals surface area contributed by atoms with E-state index in [9.17, 15) is 10.2 Å². The molecule has 88 valence electrons. The van der Waals surface area contributed by atoms with Crippen LogP contribution in [0.5, 0.6) is 0 Å². The molecule has 0 aromatic rings. The van der Waals surface area contributed by atoms with Crippen LogP contribution in [0.1, 0.15) is 41.5 Å². The molecule has 0 amide bonds. The first-order valence-corrected chi connectivity index (χ1v) is 5.15. The Balaban J connectivity index is 4.44. The molecule has 0 saturated carbocycles. The van der Waals surface area contributed by atoms with Gasteiger partial charge < -0.3 is 10.2 Å². The van der Waals surface area contributed by atoms with Gasteiger partial charge in [0.25, 0.3) is 0 Å². The summed E-state index contributed by atoms with van der Waals surface area (Å²) in [6, 6.07) is 0. The van der Waals surface area contributed by atoms with Gasteiger partial charge in [-0.05, 0) is 0 Å². The fraction of sp³-hybridized carbons (Fsp3) is 0.615. The molecule has 0 radical (unpaired) electrons. The molecule has 0 heterocycles. The topological polar surface area (TPSA) is 46.1 Å². The maximum atomic E-state index is 11.5. The largest absolute Gasteiger partial charge is 0.930 e. The number of rotatable bonds is 2. The smallest absolute Gasteiger partial charge is 0.0681 e. The number of hydrogen-bond donors (Lipinski definition) is 0. The van der Waals surface area contributed by atoms with E-state index < -0.39 is 0 Å². The third kappa shape index (κ3) is 5.40. The molecule has 0 spiro atoms. The van der Waals surface area contributed by atoms with Crippen molar-refractivity contribution >= 4 is 0 Å². The van der Waals surface area contributed by atoms with Gasteiger partial charge in [0.05, 0.1) is 0 Å². The molecule has 0 bridgehead atoms. The number of allylic oxidation sites excluding steroid dienone is 4. The fourth-order valence-corrected chi connectivity index (χ4v) is 0.723. The van der Waals surface area contributed by atoms with Gasteiger partial charge in [-0.15, -0.1) is 0 Å². The molecule has 0 N–H and O–H groups in total. The van der Waals surface area contributed by atoms with Gasteiger partial charge in [-0.3, -0.25) is 0 Å². The van der Waals surface area contributed by atoms with E-state index in [4.69, 9.17) is 0 Å². The van der Waals surface area contributed by atoms with Crippen LogP contribution in [-0.4, -0.2) is 0 Å². The molecule has 0 aliphatic rings. The monoisotopic (exact) mass is 209 g/mol. The van der Waals surface area contributed by atoms with Crippen LogP contribution in [0, 0.1) is 17.3 Å². The maximum Gasteiger partial charge on any atom is -0.0681 e. The highest BCUT2D eigenvalue weighted by atomic mass is 16.3. The molecule has 2 nitrogen and oxygen atoms in total. The Morgan fingerprint density at radius 2 is 1.07 bits per heavy atom. The molecule has 0 fully saturated rings. The molecule has 0 saturated heterocycles. The van der Waals surface area contributed by atoms with Crippen molar-refractivity contribution < 1.29 is 10.2 Å². The van der Waals surface area contributed by atoms with Crippen molar-refractivity contribution in [2.24, 2.45) is 10.8 Å². The standard InChI is InChI=1S/C13H23O2/c1-12(2,3)10(14)8-7-9-11(15)13(4,5)6/h7-9,14-15H,1-6H3/q-1/p-2. The van der Waals surface area contributed by atoms with E-state index in [1.807, 2.05) is 41.5 Å². The summed E-state index contributed by atoms with van der Waals surface area (Å²) in [6.45, 7) is 11.1. The molecule has 0 unspecified atom stereocenters. The van der Waals surface area contributed by atoms with Crippen molar-refractivity contribution in [3.8, 4) is 0 Å². The molecule has 0 rings (SSSR count). The normalized spacial score (nSPS) is 15.3. The average molecular weight is 209 g/mol. The minimum atomic E-state index is -0.380. The minimum absolute atomic E-state index is 0.0282. The van der Waals surface area contributed by atoms with Gasteiger partial charge in [0.1, 0.15) is 0 Å². The van der Waals surface area contributed by atoms with Gasteiger partial charge in [-0.2, -0.15) is 18.6 Å². The van der Waals surface area contributed by atoms with E-state index in [1.165, 1.54) is 12.2 Å². The van der Waals surface area contributed by atoms with E-state index in [1.54, 1.807) is 6.42 Å². The summed E-state index contributed by atoms with van der Waals surface area (Å²) in [4.78, 5) is 0. The quantitative estimate of drug-likeness (QED) is 0.514. The zero-order valence-corrected chi connectivity index (χ0v) is 10.5. The Morgan fingerprint density at radius 3 is 1.27 bits per heavy atom. The predicted octanol–water partition coefficient (Wildman–Crippen LogP) is 1.77. The van der Waals surface area contributed by atoms with Crippen molar-refractivity contribution in [1.29, 1.82) is 0 Å². The Morgan fingerprint density at radius 1 is 0.800 bits per heavy atom. The van der Waals surface area contributed by atoms with Crippen LogP contribution in [0.15, 0.2) is 23.7 Å². The molecule has 0 atom stereocenters. The lowest BCUT2D eigenvalue weighted by Gasteiger charge is -2.36. The minimum Gasteiger partial charge on any atom is -0.930 e. The third-order valence-electron chi connectivity index (χ3n) is 1.97. The zero-order valence-electron chi connectivity index (χ0n) is 10.5. The summed E-state index contributed by atoms with van der Waals surface area (Å²) < 4.78 is 0. The zero-order chi connectivity index (χ0) is 12.3. The SMILES string of the molecule is CC(C)(C)C([O-])=C[CH-]C=C([O-])C(C)(C)C. The van der Waals surface area contributed by atoms with Crippen LogP contribution in [0.3, 0.4) is 0 Å². The lowest BCUT2D eigenvalue weighted by Crippen LogP contribution is -2.21. The van der Waals surface area contributed by atoms with Gasteiger partial charge in [0.2, 0.25) is 0 Å². The van der Waals surface area contributed by atoms with Gasteiger partial charge in [0, 0.05) is 0 Å². The van der Waals surface area contributed by atoms with Crippen LogP contribution in [0.25, 0.3) is 0 Å². The van der Waals surface area contributed by atoms with Crippen molar-refractivity contribution in [2.75, 3.05) is 0 Å². The van der Waals surface area contributed by atoms with E-state index in [0.29, 0.717) is 0 Å². The maximum absolute atomic E-state index is 11.5. The van der Waals surface area contributed by atoms with E-state index >= 15 is 0 Å². The highest BCUT2D eigenvalue weighted by Gasteiger charge is 2.03. The summed E-state index contributed by atoms with van der Waals surface area (Å²) >= 11 is 0. The molecule has 0 aromatic heterocycles. The van der Waals surface area contributed by atoms with E-state index in [0.717, 1.165) is 0 Å². The summed E-state index contributed by atoms with van der Waals surface area (Å²) in [6.07, 6.45) is 4.47. The first-order valence-electron chi connectivity index (χ1n) is 5.15. The second-order valence-electron chi connectivity index (χ2n) is 5.75. The van der Waals surface area contributed by atoms with Gasteiger partial charge in [-0.1, -0.05) is 52.4 Å². The van der Waals surface area contributed by atoms with Crippen LogP contribution in [0.2, 0.25) is 0 Å². The van der Waals surface area contributed by atoms with E-state index in [-0.39, 0.29) is 22.3 Å². The molecular formula is C13H21O2-3. The third-order valence-corrected chi connectivity index (χ3v) is 1.97. The molecule has 0 aromatic carbocycles. The van der Waals surface area contributed by atoms with Gasteiger partial charge in [-0.25, -0.2) is 11.5 Å². The average Bonchev–Trinajstić information content (AvgIpc) is 2.00. The molecule has 2 heteroatoms. The van der Waals surface area contributed by atoms with Crippen molar-refractivity contribution in [2.45, 2.75) is 41.5 Å². The summed E-state index contributed by atoms with van der Waals surface area (Å²) in [5.41, 5.74) is -0.760. The highest BCUT2D eigenvalue weighted by molar-refractivity contribution is 5.17. The van der Waals surface area contributed by atoms with Crippen molar-refractivity contribution in [1.82, 2.24) is 0 Å². The second kappa shape index (κ2) is 4.65. The highest BCUT2D eigenvalue weighted by Crippen LogP contribution is 2.22. The van der Waals surface area contributed by atoms with Gasteiger partial charge >= 0.3 is 0 Å².